The number of halogens is 1. The zero-order chi connectivity index (χ0) is 29.6. The molecule has 0 saturated heterocycles. The number of carbonyl (C=O) groups is 4. The highest BCUT2D eigenvalue weighted by atomic mass is 35.5. The fourth-order valence-electron chi connectivity index (χ4n) is 5.76. The summed E-state index contributed by atoms with van der Waals surface area (Å²) < 4.78 is 0. The SMILES string of the molecule is NCC[C@H](NC(=O)[C@@H]1Cc2ccccc2CN1C(=O)CCC(=O)c1ccccc1)C(=O)Nc1cc2c(cc1Cl)CCC2. The number of aryl methyl sites for hydroxylation is 2. The number of nitrogens with two attached hydrogens (primary N) is 1. The molecule has 2 aliphatic rings. The lowest BCUT2D eigenvalue weighted by Crippen LogP contribution is -2.56. The summed E-state index contributed by atoms with van der Waals surface area (Å²) in [5.41, 5.74) is 11.1. The van der Waals surface area contributed by atoms with E-state index < -0.39 is 23.9 Å². The van der Waals surface area contributed by atoms with Crippen LogP contribution in [0.25, 0.3) is 0 Å². The topological polar surface area (TPSA) is 122 Å². The number of hydrogen-bond donors (Lipinski definition) is 3. The van der Waals surface area contributed by atoms with E-state index in [1.54, 1.807) is 24.3 Å². The average Bonchev–Trinajstić information content (AvgIpc) is 3.46. The molecule has 0 fully saturated rings. The number of ketones is 1. The lowest BCUT2D eigenvalue weighted by atomic mass is 9.92. The van der Waals surface area contributed by atoms with E-state index >= 15 is 0 Å². The van der Waals surface area contributed by atoms with Gasteiger partial charge in [-0.15, -0.1) is 0 Å². The molecule has 3 aromatic carbocycles. The van der Waals surface area contributed by atoms with Crippen molar-refractivity contribution in [3.8, 4) is 0 Å². The van der Waals surface area contributed by atoms with Gasteiger partial charge in [-0.3, -0.25) is 19.2 Å². The molecule has 1 heterocycles. The molecule has 4 N–H and O–H groups in total. The second-order valence-corrected chi connectivity index (χ2v) is 11.3. The second kappa shape index (κ2) is 13.3. The van der Waals surface area contributed by atoms with E-state index in [1.807, 2.05) is 42.5 Å². The van der Waals surface area contributed by atoms with E-state index in [4.69, 9.17) is 17.3 Å². The third-order valence-corrected chi connectivity index (χ3v) is 8.37. The van der Waals surface area contributed by atoms with Crippen LogP contribution in [0.3, 0.4) is 0 Å². The molecule has 8 nitrogen and oxygen atoms in total. The summed E-state index contributed by atoms with van der Waals surface area (Å²) in [5.74, 6) is -1.29. The van der Waals surface area contributed by atoms with Gasteiger partial charge in [0, 0.05) is 31.4 Å². The summed E-state index contributed by atoms with van der Waals surface area (Å²) >= 11 is 6.46. The summed E-state index contributed by atoms with van der Waals surface area (Å²) in [7, 11) is 0. The Labute approximate surface area is 250 Å². The quantitative estimate of drug-likeness (QED) is 0.307. The summed E-state index contributed by atoms with van der Waals surface area (Å²) in [6, 6.07) is 18.5. The number of amides is 3. The highest BCUT2D eigenvalue weighted by Crippen LogP contribution is 2.32. The summed E-state index contributed by atoms with van der Waals surface area (Å²) in [6.07, 6.45) is 3.47. The Balaban J connectivity index is 1.30. The molecule has 0 unspecified atom stereocenters. The lowest BCUT2D eigenvalue weighted by molar-refractivity contribution is -0.142. The zero-order valence-corrected chi connectivity index (χ0v) is 24.2. The van der Waals surface area contributed by atoms with Crippen molar-refractivity contribution < 1.29 is 19.2 Å². The van der Waals surface area contributed by atoms with E-state index in [2.05, 4.69) is 10.6 Å². The minimum absolute atomic E-state index is 0.0246. The molecule has 1 aliphatic heterocycles. The zero-order valence-electron chi connectivity index (χ0n) is 23.4. The predicted molar refractivity (Wildman–Crippen MR) is 162 cm³/mol. The van der Waals surface area contributed by atoms with Gasteiger partial charge < -0.3 is 21.3 Å². The molecule has 1 aliphatic carbocycles. The van der Waals surface area contributed by atoms with Crippen LogP contribution in [0, 0.1) is 0 Å². The van der Waals surface area contributed by atoms with Crippen LogP contribution in [-0.4, -0.2) is 47.0 Å². The Morgan fingerprint density at radius 2 is 1.60 bits per heavy atom. The molecule has 0 saturated carbocycles. The van der Waals surface area contributed by atoms with Gasteiger partial charge in [0.15, 0.2) is 5.78 Å². The molecule has 3 amide bonds. The van der Waals surface area contributed by atoms with Crippen molar-refractivity contribution in [1.82, 2.24) is 10.2 Å². The molecular weight excluding hydrogens is 552 g/mol. The van der Waals surface area contributed by atoms with Crippen molar-refractivity contribution in [2.75, 3.05) is 11.9 Å². The third kappa shape index (κ3) is 6.72. The maximum Gasteiger partial charge on any atom is 0.247 e. The van der Waals surface area contributed by atoms with Crippen LogP contribution in [-0.2, 0) is 40.2 Å². The Hall–Kier alpha value is -4.01. The highest BCUT2D eigenvalue weighted by molar-refractivity contribution is 6.33. The normalized spacial score (nSPS) is 16.2. The van der Waals surface area contributed by atoms with Crippen molar-refractivity contribution in [2.45, 2.75) is 63.6 Å². The molecule has 0 aromatic heterocycles. The fourth-order valence-corrected chi connectivity index (χ4v) is 6.00. The Morgan fingerprint density at radius 1 is 0.905 bits per heavy atom. The van der Waals surface area contributed by atoms with Crippen molar-refractivity contribution >= 4 is 40.8 Å². The second-order valence-electron chi connectivity index (χ2n) is 10.9. The number of carbonyl (C=O) groups excluding carboxylic acids is 4. The monoisotopic (exact) mass is 586 g/mol. The van der Waals surface area contributed by atoms with Crippen LogP contribution in [0.15, 0.2) is 66.7 Å². The molecule has 0 spiro atoms. The van der Waals surface area contributed by atoms with Crippen molar-refractivity contribution in [1.29, 1.82) is 0 Å². The summed E-state index contributed by atoms with van der Waals surface area (Å²) in [4.78, 5) is 54.7. The van der Waals surface area contributed by atoms with Gasteiger partial charge in [0.25, 0.3) is 0 Å². The first-order valence-electron chi connectivity index (χ1n) is 14.4. The maximum absolute atomic E-state index is 13.7. The minimum atomic E-state index is -0.916. The summed E-state index contributed by atoms with van der Waals surface area (Å²) in [6.45, 7) is 0.416. The molecule has 9 heteroatoms. The third-order valence-electron chi connectivity index (χ3n) is 8.06. The molecule has 0 radical (unpaired) electrons. The van der Waals surface area contributed by atoms with E-state index in [-0.39, 0.29) is 44.0 Å². The smallest absolute Gasteiger partial charge is 0.247 e. The van der Waals surface area contributed by atoms with Gasteiger partial charge in [0.2, 0.25) is 17.7 Å². The number of nitrogens with zero attached hydrogens (tertiary/aromatic N) is 1. The number of benzene rings is 3. The summed E-state index contributed by atoms with van der Waals surface area (Å²) in [5, 5.41) is 6.17. The average molecular weight is 587 g/mol. The van der Waals surface area contributed by atoms with Crippen LogP contribution in [0.1, 0.15) is 58.3 Å². The van der Waals surface area contributed by atoms with Crippen LogP contribution >= 0.6 is 11.6 Å². The van der Waals surface area contributed by atoms with Crippen molar-refractivity contribution in [2.24, 2.45) is 5.73 Å². The molecule has 3 aromatic rings. The first-order chi connectivity index (χ1) is 20.3. The Morgan fingerprint density at radius 3 is 2.33 bits per heavy atom. The fraction of sp³-hybridized carbons (Fsp3) is 0.333. The number of fused-ring (bicyclic) bond motifs is 2. The van der Waals surface area contributed by atoms with Crippen LogP contribution in [0.2, 0.25) is 5.02 Å². The van der Waals surface area contributed by atoms with E-state index in [1.165, 1.54) is 10.5 Å². The van der Waals surface area contributed by atoms with Gasteiger partial charge >= 0.3 is 0 Å². The number of nitrogens with one attached hydrogen (secondary N) is 2. The lowest BCUT2D eigenvalue weighted by Gasteiger charge is -2.36. The largest absolute Gasteiger partial charge is 0.342 e. The van der Waals surface area contributed by atoms with Gasteiger partial charge in [0.1, 0.15) is 12.1 Å². The number of Topliss-reactive ketones (excluding diaryl/α,β-unsaturated/α-hetero) is 1. The first kappa shape index (κ1) is 29.5. The van der Waals surface area contributed by atoms with Gasteiger partial charge in [-0.05, 0) is 66.6 Å². The van der Waals surface area contributed by atoms with Crippen molar-refractivity contribution in [3.63, 3.8) is 0 Å². The first-order valence-corrected chi connectivity index (χ1v) is 14.8. The molecular formula is C33H35ClN4O4. The van der Waals surface area contributed by atoms with Crippen LogP contribution in [0.4, 0.5) is 5.69 Å². The van der Waals surface area contributed by atoms with Crippen LogP contribution in [0.5, 0.6) is 0 Å². The number of rotatable bonds is 10. The van der Waals surface area contributed by atoms with Gasteiger partial charge in [-0.25, -0.2) is 0 Å². The van der Waals surface area contributed by atoms with Gasteiger partial charge in [-0.1, -0.05) is 66.2 Å². The van der Waals surface area contributed by atoms with Gasteiger partial charge in [0.05, 0.1) is 10.7 Å². The Kier molecular flexibility index (Phi) is 9.35. The molecule has 2 atom stereocenters. The highest BCUT2D eigenvalue weighted by Gasteiger charge is 2.36. The van der Waals surface area contributed by atoms with E-state index in [9.17, 15) is 19.2 Å². The molecule has 218 valence electrons. The molecule has 42 heavy (non-hydrogen) atoms. The predicted octanol–water partition coefficient (Wildman–Crippen LogP) is 4.22. The standard InChI is InChI=1S/C33H35ClN4O4/c34-26-17-22-11-6-12-23(22)18-28(26)37-32(41)27(15-16-35)36-33(42)29-19-24-9-4-5-10-25(24)20-38(29)31(40)14-13-30(39)21-7-2-1-3-8-21/h1-5,7-10,17-18,27,29H,6,11-16,19-20,35H2,(H,36,42)(H,37,41)/t27-,29-/m0/s1. The number of hydrogen-bond acceptors (Lipinski definition) is 5. The Bertz CT molecular complexity index is 1490. The molecule has 5 rings (SSSR count). The van der Waals surface area contributed by atoms with Crippen molar-refractivity contribution in [3.05, 3.63) is 99.6 Å². The van der Waals surface area contributed by atoms with E-state index in [0.29, 0.717) is 22.7 Å². The number of anilines is 1. The molecule has 0 bridgehead atoms. The minimum Gasteiger partial charge on any atom is -0.342 e. The van der Waals surface area contributed by atoms with Gasteiger partial charge in [-0.2, -0.15) is 0 Å². The van der Waals surface area contributed by atoms with E-state index in [0.717, 1.165) is 36.0 Å². The van der Waals surface area contributed by atoms with Crippen LogP contribution < -0.4 is 16.4 Å². The maximum atomic E-state index is 13.7.